The first kappa shape index (κ1) is 20.4. The number of likely N-dealkylation sites (N-methyl/N-ethyl adjacent to an activating group) is 2. The first-order valence-electron chi connectivity index (χ1n) is 10.1. The second-order valence-corrected chi connectivity index (χ2v) is 7.60. The number of rotatable bonds is 6. The number of nitrogens with zero attached hydrogens (tertiary/aromatic N) is 3. The van der Waals surface area contributed by atoms with Gasteiger partial charge in [-0.25, -0.2) is 0 Å². The lowest BCUT2D eigenvalue weighted by Crippen LogP contribution is -2.55. The number of nitrogens with one attached hydrogen (secondary N) is 2. The van der Waals surface area contributed by atoms with Crippen molar-refractivity contribution in [3.63, 3.8) is 0 Å². The first-order valence-corrected chi connectivity index (χ1v) is 10.1. The van der Waals surface area contributed by atoms with E-state index < -0.39 is 0 Å². The van der Waals surface area contributed by atoms with Crippen molar-refractivity contribution in [2.24, 2.45) is 4.99 Å². The summed E-state index contributed by atoms with van der Waals surface area (Å²) in [6, 6.07) is 21.8. The van der Waals surface area contributed by atoms with Crippen LogP contribution in [-0.2, 0) is 0 Å². The SMILES string of the molecule is CN=C(NCC(c1ccccc1)c1ccccc1)NCC1CN(C)CCN1C. The fraction of sp³-hybridized carbons (Fsp3) is 0.435. The fourth-order valence-corrected chi connectivity index (χ4v) is 3.75. The molecule has 1 aliphatic rings. The Kier molecular flexibility index (Phi) is 7.46. The van der Waals surface area contributed by atoms with Gasteiger partial charge in [0.2, 0.25) is 0 Å². The summed E-state index contributed by atoms with van der Waals surface area (Å²) in [7, 11) is 6.24. The average Bonchev–Trinajstić information content (AvgIpc) is 2.74. The largest absolute Gasteiger partial charge is 0.355 e. The van der Waals surface area contributed by atoms with Crippen molar-refractivity contribution in [1.29, 1.82) is 0 Å². The first-order chi connectivity index (χ1) is 13.7. The molecular weight excluding hydrogens is 346 g/mol. The zero-order valence-electron chi connectivity index (χ0n) is 17.3. The van der Waals surface area contributed by atoms with E-state index in [2.05, 4.69) is 100 Å². The molecule has 2 aromatic rings. The summed E-state index contributed by atoms with van der Waals surface area (Å²) in [5.41, 5.74) is 2.62. The molecule has 1 heterocycles. The summed E-state index contributed by atoms with van der Waals surface area (Å²) in [5.74, 6) is 1.14. The van der Waals surface area contributed by atoms with Gasteiger partial charge in [0.1, 0.15) is 0 Å². The van der Waals surface area contributed by atoms with Crippen molar-refractivity contribution < 1.29 is 0 Å². The van der Waals surface area contributed by atoms with Gasteiger partial charge < -0.3 is 15.5 Å². The van der Waals surface area contributed by atoms with Gasteiger partial charge in [0.25, 0.3) is 0 Å². The Bertz CT molecular complexity index is 692. The summed E-state index contributed by atoms with van der Waals surface area (Å²) < 4.78 is 0. The van der Waals surface area contributed by atoms with E-state index in [9.17, 15) is 0 Å². The van der Waals surface area contributed by atoms with Crippen molar-refractivity contribution in [2.75, 3.05) is 53.9 Å². The van der Waals surface area contributed by atoms with Gasteiger partial charge in [-0.15, -0.1) is 0 Å². The Morgan fingerprint density at radius 1 is 0.964 bits per heavy atom. The van der Waals surface area contributed by atoms with Gasteiger partial charge in [0.15, 0.2) is 5.96 Å². The molecule has 2 aromatic carbocycles. The topological polar surface area (TPSA) is 42.9 Å². The highest BCUT2D eigenvalue weighted by atomic mass is 15.3. The van der Waals surface area contributed by atoms with Crippen LogP contribution < -0.4 is 10.6 Å². The number of hydrogen-bond acceptors (Lipinski definition) is 3. The maximum Gasteiger partial charge on any atom is 0.191 e. The third-order valence-corrected chi connectivity index (χ3v) is 5.59. The minimum atomic E-state index is 0.282. The molecule has 0 aromatic heterocycles. The Morgan fingerprint density at radius 3 is 2.14 bits per heavy atom. The standard InChI is InChI=1S/C23H33N5/c1-24-23(25-16-21-18-27(2)14-15-28(21)3)26-17-22(19-10-6-4-7-11-19)20-12-8-5-9-13-20/h4-13,21-22H,14-18H2,1-3H3,(H2,24,25,26). The molecule has 0 amide bonds. The number of hydrogen-bond donors (Lipinski definition) is 2. The molecule has 0 aliphatic carbocycles. The minimum absolute atomic E-state index is 0.282. The average molecular weight is 380 g/mol. The van der Waals surface area contributed by atoms with E-state index >= 15 is 0 Å². The summed E-state index contributed by atoms with van der Waals surface area (Å²) in [6.45, 7) is 5.02. The van der Waals surface area contributed by atoms with E-state index in [1.807, 2.05) is 7.05 Å². The van der Waals surface area contributed by atoms with E-state index in [0.29, 0.717) is 6.04 Å². The Balaban J connectivity index is 1.61. The van der Waals surface area contributed by atoms with E-state index in [1.165, 1.54) is 11.1 Å². The van der Waals surface area contributed by atoms with Crippen LogP contribution in [-0.4, -0.2) is 75.7 Å². The molecule has 28 heavy (non-hydrogen) atoms. The summed E-state index contributed by atoms with van der Waals surface area (Å²) in [5, 5.41) is 7.06. The second-order valence-electron chi connectivity index (χ2n) is 7.60. The van der Waals surface area contributed by atoms with E-state index in [-0.39, 0.29) is 5.92 Å². The van der Waals surface area contributed by atoms with Crippen molar-refractivity contribution in [2.45, 2.75) is 12.0 Å². The molecule has 1 fully saturated rings. The van der Waals surface area contributed by atoms with E-state index in [4.69, 9.17) is 0 Å². The lowest BCUT2D eigenvalue weighted by molar-refractivity contribution is 0.116. The lowest BCUT2D eigenvalue weighted by Gasteiger charge is -2.38. The van der Waals surface area contributed by atoms with Gasteiger partial charge in [-0.3, -0.25) is 9.89 Å². The molecule has 1 atom stereocenters. The summed E-state index contributed by atoms with van der Waals surface area (Å²) in [6.07, 6.45) is 0. The second kappa shape index (κ2) is 10.2. The highest BCUT2D eigenvalue weighted by molar-refractivity contribution is 5.79. The predicted molar refractivity (Wildman–Crippen MR) is 118 cm³/mol. The molecule has 150 valence electrons. The number of piperazine rings is 1. The van der Waals surface area contributed by atoms with Crippen molar-refractivity contribution >= 4 is 5.96 Å². The number of guanidine groups is 1. The van der Waals surface area contributed by atoms with Gasteiger partial charge in [0, 0.05) is 51.7 Å². The maximum absolute atomic E-state index is 4.44. The fourth-order valence-electron chi connectivity index (χ4n) is 3.75. The molecular formula is C23H33N5. The third kappa shape index (κ3) is 5.57. The monoisotopic (exact) mass is 379 g/mol. The Morgan fingerprint density at radius 2 is 1.57 bits per heavy atom. The predicted octanol–water partition coefficient (Wildman–Crippen LogP) is 2.23. The molecule has 1 aliphatic heterocycles. The van der Waals surface area contributed by atoms with Crippen molar-refractivity contribution in [1.82, 2.24) is 20.4 Å². The minimum Gasteiger partial charge on any atom is -0.355 e. The van der Waals surface area contributed by atoms with Crippen LogP contribution in [0.4, 0.5) is 0 Å². The molecule has 0 bridgehead atoms. The molecule has 5 heteroatoms. The number of aliphatic imine (C=N–C) groups is 1. The molecule has 0 spiro atoms. The highest BCUT2D eigenvalue weighted by Crippen LogP contribution is 2.23. The smallest absolute Gasteiger partial charge is 0.191 e. The Hall–Kier alpha value is -2.37. The van der Waals surface area contributed by atoms with Crippen LogP contribution in [0.5, 0.6) is 0 Å². The molecule has 0 radical (unpaired) electrons. The van der Waals surface area contributed by atoms with Gasteiger partial charge in [-0.05, 0) is 25.2 Å². The van der Waals surface area contributed by atoms with Gasteiger partial charge in [-0.2, -0.15) is 0 Å². The molecule has 5 nitrogen and oxygen atoms in total. The molecule has 3 rings (SSSR count). The normalized spacial score (nSPS) is 19.0. The zero-order valence-corrected chi connectivity index (χ0v) is 17.3. The third-order valence-electron chi connectivity index (χ3n) is 5.59. The van der Waals surface area contributed by atoms with Gasteiger partial charge >= 0.3 is 0 Å². The molecule has 1 saturated heterocycles. The molecule has 2 N–H and O–H groups in total. The van der Waals surface area contributed by atoms with Gasteiger partial charge in [0.05, 0.1) is 0 Å². The van der Waals surface area contributed by atoms with Crippen LogP contribution in [0.3, 0.4) is 0 Å². The van der Waals surface area contributed by atoms with Crippen LogP contribution in [0.15, 0.2) is 65.7 Å². The maximum atomic E-state index is 4.44. The Labute approximate surface area is 169 Å². The quantitative estimate of drug-likeness (QED) is 0.597. The molecule has 0 saturated carbocycles. The van der Waals surface area contributed by atoms with Crippen LogP contribution in [0.1, 0.15) is 17.0 Å². The zero-order chi connectivity index (χ0) is 19.8. The van der Waals surface area contributed by atoms with Crippen molar-refractivity contribution in [3.8, 4) is 0 Å². The lowest BCUT2D eigenvalue weighted by atomic mass is 9.91. The van der Waals surface area contributed by atoms with E-state index in [0.717, 1.165) is 38.7 Å². The van der Waals surface area contributed by atoms with Crippen LogP contribution in [0, 0.1) is 0 Å². The van der Waals surface area contributed by atoms with E-state index in [1.54, 1.807) is 0 Å². The number of benzene rings is 2. The van der Waals surface area contributed by atoms with Crippen LogP contribution >= 0.6 is 0 Å². The van der Waals surface area contributed by atoms with Gasteiger partial charge in [-0.1, -0.05) is 60.7 Å². The molecule has 1 unspecified atom stereocenters. The van der Waals surface area contributed by atoms with Crippen LogP contribution in [0.25, 0.3) is 0 Å². The van der Waals surface area contributed by atoms with Crippen LogP contribution in [0.2, 0.25) is 0 Å². The summed E-state index contributed by atoms with van der Waals surface area (Å²) in [4.78, 5) is 9.26. The van der Waals surface area contributed by atoms with Crippen molar-refractivity contribution in [3.05, 3.63) is 71.8 Å². The highest BCUT2D eigenvalue weighted by Gasteiger charge is 2.22. The summed E-state index contributed by atoms with van der Waals surface area (Å²) >= 11 is 0.